The molecule has 0 aromatic heterocycles. The van der Waals surface area contributed by atoms with Crippen molar-refractivity contribution in [3.63, 3.8) is 0 Å². The average molecular weight is 503 g/mol. The molecule has 37 heavy (non-hydrogen) atoms. The first-order valence-corrected chi connectivity index (χ1v) is 11.9. The highest BCUT2D eigenvalue weighted by Crippen LogP contribution is 2.26. The first-order chi connectivity index (χ1) is 18.0. The fraction of sp³-hybridized carbons (Fsp3) is 0.222. The molecular weight excluding hydrogens is 475 g/mol. The van der Waals surface area contributed by atoms with Gasteiger partial charge in [-0.15, -0.1) is 0 Å². The van der Waals surface area contributed by atoms with Gasteiger partial charge >= 0.3 is 0 Å². The minimum absolute atomic E-state index is 0.0435. The van der Waals surface area contributed by atoms with E-state index in [1.165, 1.54) is 6.07 Å². The van der Waals surface area contributed by atoms with Gasteiger partial charge in [-0.05, 0) is 30.3 Å². The fourth-order valence-corrected chi connectivity index (χ4v) is 4.27. The van der Waals surface area contributed by atoms with Crippen molar-refractivity contribution in [2.24, 2.45) is 10.7 Å². The zero-order valence-corrected chi connectivity index (χ0v) is 20.0. The Balaban J connectivity index is 1.31. The van der Waals surface area contributed by atoms with E-state index in [4.69, 9.17) is 20.6 Å². The van der Waals surface area contributed by atoms with Gasteiger partial charge in [0.2, 0.25) is 12.2 Å². The van der Waals surface area contributed by atoms with Crippen LogP contribution >= 0.6 is 0 Å². The van der Waals surface area contributed by atoms with E-state index in [1.54, 1.807) is 24.3 Å². The third kappa shape index (κ3) is 5.51. The van der Waals surface area contributed by atoms with Gasteiger partial charge in [0.25, 0.3) is 5.91 Å². The second-order valence-electron chi connectivity index (χ2n) is 8.58. The van der Waals surface area contributed by atoms with Crippen molar-refractivity contribution in [2.45, 2.75) is 12.5 Å². The summed E-state index contributed by atoms with van der Waals surface area (Å²) in [5, 5.41) is 13.7. The number of nitrogens with zero attached hydrogens (tertiary/aromatic N) is 2. The number of morpholine rings is 1. The predicted octanol–water partition coefficient (Wildman–Crippen LogP) is 2.65. The number of anilines is 2. The molecule has 2 heterocycles. The number of rotatable bonds is 6. The second-order valence-corrected chi connectivity index (χ2v) is 8.58. The van der Waals surface area contributed by atoms with Crippen molar-refractivity contribution in [1.82, 2.24) is 5.32 Å². The Morgan fingerprint density at radius 3 is 2.57 bits per heavy atom. The van der Waals surface area contributed by atoms with Gasteiger partial charge in [-0.3, -0.25) is 20.9 Å². The van der Waals surface area contributed by atoms with Crippen molar-refractivity contribution in [2.75, 3.05) is 36.5 Å². The fourth-order valence-electron chi connectivity index (χ4n) is 4.27. The van der Waals surface area contributed by atoms with E-state index in [-0.39, 0.29) is 11.6 Å². The molecule has 1 amide bonds. The first-order valence-electron chi connectivity index (χ1n) is 11.9. The number of nitrogens with two attached hydrogens (primary N) is 1. The number of benzodiazepines with no additional fused rings is 1. The van der Waals surface area contributed by atoms with Crippen LogP contribution in [0.2, 0.25) is 0 Å². The maximum atomic E-state index is 14.6. The first kappa shape index (κ1) is 24.6. The minimum atomic E-state index is -1.23. The highest BCUT2D eigenvalue weighted by atomic mass is 19.1. The van der Waals surface area contributed by atoms with Crippen LogP contribution in [0, 0.1) is 11.2 Å². The van der Waals surface area contributed by atoms with E-state index >= 15 is 0 Å². The van der Waals surface area contributed by atoms with Crippen LogP contribution in [-0.4, -0.2) is 56.3 Å². The Morgan fingerprint density at radius 1 is 1.11 bits per heavy atom. The number of para-hydroxylation sites is 1. The number of nitrogens with one attached hydrogen (secondary N) is 3. The van der Waals surface area contributed by atoms with Crippen molar-refractivity contribution in [3.05, 3.63) is 95.3 Å². The summed E-state index contributed by atoms with van der Waals surface area (Å²) >= 11 is 0. The molecule has 0 saturated carbocycles. The van der Waals surface area contributed by atoms with Gasteiger partial charge in [0.05, 0.1) is 24.6 Å². The third-order valence-electron chi connectivity index (χ3n) is 6.14. The van der Waals surface area contributed by atoms with Gasteiger partial charge in [-0.2, -0.15) is 0 Å². The number of carbonyl (C=O) groups excluding carboxylic acids is 1. The molecule has 3 aromatic rings. The molecule has 190 valence electrons. The lowest BCUT2D eigenvalue weighted by molar-refractivity contribution is -0.118. The lowest BCUT2D eigenvalue weighted by atomic mass is 10.0. The molecule has 0 radical (unpaired) electrons. The summed E-state index contributed by atoms with van der Waals surface area (Å²) in [6.45, 7) is 2.99. The van der Waals surface area contributed by atoms with Crippen molar-refractivity contribution in [1.29, 1.82) is 5.41 Å². The summed E-state index contributed by atoms with van der Waals surface area (Å²) in [6.07, 6.45) is -2.41. The summed E-state index contributed by atoms with van der Waals surface area (Å²) in [6, 6.07) is 21.1. The molecule has 2 aliphatic rings. The Kier molecular flexibility index (Phi) is 7.22. The molecule has 0 bridgehead atoms. The molecule has 1 saturated heterocycles. The summed E-state index contributed by atoms with van der Waals surface area (Å²) < 4.78 is 25.6. The summed E-state index contributed by atoms with van der Waals surface area (Å²) in [4.78, 5) is 19.7. The van der Waals surface area contributed by atoms with Gasteiger partial charge in [-0.1, -0.05) is 42.5 Å². The van der Waals surface area contributed by atoms with Crippen LogP contribution in [0.15, 0.2) is 77.8 Å². The van der Waals surface area contributed by atoms with Crippen molar-refractivity contribution < 1.29 is 18.7 Å². The van der Waals surface area contributed by atoms with Crippen molar-refractivity contribution in [3.8, 4) is 0 Å². The van der Waals surface area contributed by atoms with Crippen LogP contribution in [0.3, 0.4) is 0 Å². The van der Waals surface area contributed by atoms with Crippen LogP contribution in [0.4, 0.5) is 15.8 Å². The maximum Gasteiger partial charge on any atom is 0.264 e. The zero-order chi connectivity index (χ0) is 25.8. The van der Waals surface area contributed by atoms with Crippen LogP contribution in [0.1, 0.15) is 16.7 Å². The Hall–Kier alpha value is -4.12. The number of amides is 1. The number of hydrogen-bond acceptors (Lipinski definition) is 8. The smallest absolute Gasteiger partial charge is 0.264 e. The highest BCUT2D eigenvalue weighted by molar-refractivity contribution is 6.19. The minimum Gasteiger partial charge on any atom is -0.445 e. The Labute approximate surface area is 213 Å². The lowest BCUT2D eigenvalue weighted by Crippen LogP contribution is -2.50. The molecule has 5 rings (SSSR count). The van der Waals surface area contributed by atoms with Gasteiger partial charge in [-0.25, -0.2) is 9.71 Å². The normalized spacial score (nSPS) is 18.2. The predicted molar refractivity (Wildman–Crippen MR) is 139 cm³/mol. The SMILES string of the molecule is N=C(OC(N)NC1N=C(c2ccccc2)c2cccc(F)c2NC1=O)c1ccc(N2CCOCC2)cc1. The molecule has 1 fully saturated rings. The van der Waals surface area contributed by atoms with Gasteiger partial charge in [0, 0.05) is 35.5 Å². The van der Waals surface area contributed by atoms with E-state index in [9.17, 15) is 9.18 Å². The number of benzene rings is 3. The third-order valence-corrected chi connectivity index (χ3v) is 6.14. The number of ether oxygens (including phenoxy) is 2. The molecule has 0 aliphatic carbocycles. The second kappa shape index (κ2) is 10.9. The van der Waals surface area contributed by atoms with Crippen LogP contribution in [0.5, 0.6) is 0 Å². The van der Waals surface area contributed by atoms with Gasteiger partial charge in [0.15, 0.2) is 6.17 Å². The summed E-state index contributed by atoms with van der Waals surface area (Å²) in [5.41, 5.74) is 9.29. The number of fused-ring (bicyclic) bond motifs is 1. The number of aliphatic imine (C=N–C) groups is 1. The monoisotopic (exact) mass is 502 g/mol. The molecular formula is C27H27FN6O3. The Morgan fingerprint density at radius 2 is 1.84 bits per heavy atom. The van der Waals surface area contributed by atoms with Crippen LogP contribution in [-0.2, 0) is 14.3 Å². The largest absolute Gasteiger partial charge is 0.445 e. The topological polar surface area (TPSA) is 125 Å². The molecule has 10 heteroatoms. The quantitative estimate of drug-likeness (QED) is 0.233. The number of carbonyl (C=O) groups is 1. The Bertz CT molecular complexity index is 1310. The molecule has 2 aliphatic heterocycles. The van der Waals surface area contributed by atoms with Gasteiger partial charge < -0.3 is 19.7 Å². The molecule has 9 nitrogen and oxygen atoms in total. The average Bonchev–Trinajstić information content (AvgIpc) is 3.07. The lowest BCUT2D eigenvalue weighted by Gasteiger charge is -2.29. The van der Waals surface area contributed by atoms with E-state index in [1.807, 2.05) is 42.5 Å². The number of hydrogen-bond donors (Lipinski definition) is 4. The summed E-state index contributed by atoms with van der Waals surface area (Å²) in [7, 11) is 0. The van der Waals surface area contributed by atoms with E-state index in [2.05, 4.69) is 20.5 Å². The number of halogens is 1. The highest BCUT2D eigenvalue weighted by Gasteiger charge is 2.29. The van der Waals surface area contributed by atoms with E-state index < -0.39 is 24.2 Å². The molecule has 2 unspecified atom stereocenters. The van der Waals surface area contributed by atoms with E-state index in [0.717, 1.165) is 18.8 Å². The molecule has 2 atom stereocenters. The summed E-state index contributed by atoms with van der Waals surface area (Å²) in [5.74, 6) is -1.33. The zero-order valence-electron chi connectivity index (χ0n) is 20.0. The maximum absolute atomic E-state index is 14.6. The molecule has 3 aromatic carbocycles. The van der Waals surface area contributed by atoms with Crippen LogP contribution in [0.25, 0.3) is 0 Å². The van der Waals surface area contributed by atoms with Gasteiger partial charge in [0.1, 0.15) is 5.82 Å². The standard InChI is InChI=1S/C27H27FN6O3/c28-21-8-4-7-20-22(17-5-2-1-3-6-17)31-25(26(35)32-23(20)21)33-27(30)37-24(29)18-9-11-19(12-10-18)34-13-15-36-16-14-34/h1-12,25,27,29,33H,13-16,30H2,(H,32,35). The van der Waals surface area contributed by atoms with E-state index in [0.29, 0.717) is 35.6 Å². The molecule has 5 N–H and O–H groups in total. The van der Waals surface area contributed by atoms with Crippen molar-refractivity contribution >= 4 is 28.9 Å². The van der Waals surface area contributed by atoms with Crippen LogP contribution < -0.4 is 21.3 Å². The molecule has 0 spiro atoms.